The maximum Gasteiger partial charge on any atom is 0.434 e. The Labute approximate surface area is 84.7 Å². The quantitative estimate of drug-likeness (QED) is 0.704. The van der Waals surface area contributed by atoms with Gasteiger partial charge in [-0.2, -0.15) is 0 Å². The molecule has 0 aliphatic heterocycles. The van der Waals surface area contributed by atoms with Crippen LogP contribution in [0, 0.1) is 0 Å². The fourth-order valence-electron chi connectivity index (χ4n) is 1.30. The van der Waals surface area contributed by atoms with Crippen molar-refractivity contribution in [1.29, 1.82) is 0 Å². The molecule has 1 heterocycles. The Morgan fingerprint density at radius 3 is 2.93 bits per heavy atom. The maximum absolute atomic E-state index is 10.8. The molecule has 2 rings (SSSR count). The van der Waals surface area contributed by atoms with E-state index >= 15 is 0 Å². The summed E-state index contributed by atoms with van der Waals surface area (Å²) in [5.74, 6) is -0.0219. The van der Waals surface area contributed by atoms with Crippen molar-refractivity contribution >= 4 is 5.69 Å². The molecule has 0 aliphatic rings. The molecule has 2 aromatic rings. The van der Waals surface area contributed by atoms with E-state index in [1.165, 1.54) is 7.11 Å². The number of hydrogen-bond acceptors (Lipinski definition) is 5. The first kappa shape index (κ1) is 9.32. The topological polar surface area (TPSA) is 94.1 Å². The number of aromatic nitrogens is 2. The molecule has 0 amide bonds. The smallest absolute Gasteiger partial charge is 0.434 e. The van der Waals surface area contributed by atoms with E-state index in [0.717, 1.165) is 0 Å². The Bertz CT molecular complexity index is 529. The van der Waals surface area contributed by atoms with Crippen molar-refractivity contribution in [3.63, 3.8) is 0 Å². The van der Waals surface area contributed by atoms with Gasteiger partial charge in [-0.15, -0.1) is 5.10 Å². The van der Waals surface area contributed by atoms with Crippen molar-refractivity contribution in [1.82, 2.24) is 10.2 Å². The second kappa shape index (κ2) is 3.49. The van der Waals surface area contributed by atoms with E-state index in [9.17, 15) is 4.79 Å². The Morgan fingerprint density at radius 2 is 2.33 bits per heavy atom. The highest BCUT2D eigenvalue weighted by molar-refractivity contribution is 5.72. The molecule has 6 nitrogen and oxygen atoms in total. The van der Waals surface area contributed by atoms with Gasteiger partial charge in [-0.25, -0.2) is 9.89 Å². The molecule has 0 saturated carbocycles. The highest BCUT2D eigenvalue weighted by Gasteiger charge is 2.13. The summed E-state index contributed by atoms with van der Waals surface area (Å²) >= 11 is 0. The third kappa shape index (κ3) is 1.56. The monoisotopic (exact) mass is 207 g/mol. The van der Waals surface area contributed by atoms with E-state index in [0.29, 0.717) is 17.0 Å². The Balaban J connectivity index is 2.62. The van der Waals surface area contributed by atoms with Crippen LogP contribution in [0.25, 0.3) is 11.5 Å². The maximum atomic E-state index is 10.8. The molecular formula is C9H9N3O3. The van der Waals surface area contributed by atoms with Crippen molar-refractivity contribution in [3.8, 4) is 17.2 Å². The fraction of sp³-hybridized carbons (Fsp3) is 0.111. The average molecular weight is 207 g/mol. The number of rotatable bonds is 2. The van der Waals surface area contributed by atoms with E-state index < -0.39 is 5.76 Å². The Kier molecular flexibility index (Phi) is 2.17. The molecule has 1 aromatic heterocycles. The number of nitrogens with two attached hydrogens (primary N) is 1. The van der Waals surface area contributed by atoms with Crippen LogP contribution in [-0.2, 0) is 0 Å². The van der Waals surface area contributed by atoms with Gasteiger partial charge in [0.15, 0.2) is 5.75 Å². The summed E-state index contributed by atoms with van der Waals surface area (Å²) in [6, 6.07) is 5.11. The van der Waals surface area contributed by atoms with Crippen LogP contribution < -0.4 is 16.2 Å². The number of anilines is 1. The zero-order valence-electron chi connectivity index (χ0n) is 7.98. The molecule has 15 heavy (non-hydrogen) atoms. The van der Waals surface area contributed by atoms with Gasteiger partial charge >= 0.3 is 5.76 Å². The number of benzene rings is 1. The second-order valence-corrected chi connectivity index (χ2v) is 2.85. The largest absolute Gasteiger partial charge is 0.494 e. The molecule has 78 valence electrons. The number of ether oxygens (including phenoxy) is 1. The SMILES string of the molecule is COc1c(N)cccc1-c1n[nH]c(=O)o1. The van der Waals surface area contributed by atoms with Gasteiger partial charge in [-0.05, 0) is 12.1 Å². The Morgan fingerprint density at radius 1 is 1.53 bits per heavy atom. The van der Waals surface area contributed by atoms with E-state index in [-0.39, 0.29) is 5.89 Å². The molecule has 0 radical (unpaired) electrons. The predicted octanol–water partition coefficient (Wildman–Crippen LogP) is 0.621. The van der Waals surface area contributed by atoms with Crippen LogP contribution in [0.1, 0.15) is 0 Å². The highest BCUT2D eigenvalue weighted by atomic mass is 16.5. The molecule has 6 heteroatoms. The van der Waals surface area contributed by atoms with E-state index in [1.807, 2.05) is 0 Å². The fourth-order valence-corrected chi connectivity index (χ4v) is 1.30. The third-order valence-corrected chi connectivity index (χ3v) is 1.92. The lowest BCUT2D eigenvalue weighted by atomic mass is 10.2. The van der Waals surface area contributed by atoms with Gasteiger partial charge in [-0.3, -0.25) is 0 Å². The molecule has 0 fully saturated rings. The number of nitrogens with one attached hydrogen (secondary N) is 1. The van der Waals surface area contributed by atoms with Crippen LogP contribution in [0.4, 0.5) is 5.69 Å². The van der Waals surface area contributed by atoms with Crippen LogP contribution in [0.3, 0.4) is 0 Å². The molecule has 1 aromatic carbocycles. The van der Waals surface area contributed by atoms with E-state index in [4.69, 9.17) is 14.9 Å². The molecule has 0 aliphatic carbocycles. The number of H-pyrrole nitrogens is 1. The molecule has 0 saturated heterocycles. The molecule has 0 unspecified atom stereocenters. The summed E-state index contributed by atoms with van der Waals surface area (Å²) < 4.78 is 9.91. The van der Waals surface area contributed by atoms with Crippen LogP contribution in [0.5, 0.6) is 5.75 Å². The van der Waals surface area contributed by atoms with Crippen molar-refractivity contribution in [2.24, 2.45) is 0 Å². The lowest BCUT2D eigenvalue weighted by Crippen LogP contribution is -1.95. The normalized spacial score (nSPS) is 10.2. The number of para-hydroxylation sites is 1. The van der Waals surface area contributed by atoms with Crippen molar-refractivity contribution in [3.05, 3.63) is 28.7 Å². The summed E-state index contributed by atoms with van der Waals surface area (Å²) in [4.78, 5) is 10.8. The molecule has 0 bridgehead atoms. The first-order chi connectivity index (χ1) is 7.22. The zero-order valence-corrected chi connectivity index (χ0v) is 7.98. The molecule has 0 atom stereocenters. The van der Waals surface area contributed by atoms with Crippen LogP contribution >= 0.6 is 0 Å². The van der Waals surface area contributed by atoms with Gasteiger partial charge in [0.1, 0.15) is 0 Å². The number of aromatic amines is 1. The highest BCUT2D eigenvalue weighted by Crippen LogP contribution is 2.32. The van der Waals surface area contributed by atoms with Gasteiger partial charge in [0.2, 0.25) is 0 Å². The van der Waals surface area contributed by atoms with E-state index in [2.05, 4.69) is 10.2 Å². The summed E-state index contributed by atoms with van der Waals surface area (Å²) in [6.45, 7) is 0. The average Bonchev–Trinajstić information content (AvgIpc) is 2.64. The van der Waals surface area contributed by atoms with Gasteiger partial charge < -0.3 is 14.9 Å². The van der Waals surface area contributed by atoms with Gasteiger partial charge in [-0.1, -0.05) is 6.07 Å². The first-order valence-electron chi connectivity index (χ1n) is 4.20. The number of hydrogen-bond donors (Lipinski definition) is 2. The first-order valence-corrected chi connectivity index (χ1v) is 4.20. The standard InChI is InChI=1S/C9H9N3O3/c1-14-7-5(3-2-4-6(7)10)8-11-12-9(13)15-8/h2-4H,10H2,1H3,(H,12,13). The Hall–Kier alpha value is -2.24. The van der Waals surface area contributed by atoms with Gasteiger partial charge in [0.25, 0.3) is 5.89 Å². The van der Waals surface area contributed by atoms with Crippen LogP contribution in [0.2, 0.25) is 0 Å². The number of methoxy groups -OCH3 is 1. The number of nitrogens with zero attached hydrogens (tertiary/aromatic N) is 1. The third-order valence-electron chi connectivity index (χ3n) is 1.92. The zero-order chi connectivity index (χ0) is 10.8. The van der Waals surface area contributed by atoms with Crippen molar-refractivity contribution < 1.29 is 9.15 Å². The van der Waals surface area contributed by atoms with Crippen LogP contribution in [-0.4, -0.2) is 17.3 Å². The van der Waals surface area contributed by atoms with Gasteiger partial charge in [0.05, 0.1) is 18.4 Å². The summed E-state index contributed by atoms with van der Waals surface area (Å²) in [7, 11) is 1.49. The molecule has 3 N–H and O–H groups in total. The minimum absolute atomic E-state index is 0.157. The van der Waals surface area contributed by atoms with Gasteiger partial charge in [0, 0.05) is 0 Å². The summed E-state index contributed by atoms with van der Waals surface area (Å²) in [6.07, 6.45) is 0. The number of nitrogen functional groups attached to an aromatic ring is 1. The van der Waals surface area contributed by atoms with Crippen molar-refractivity contribution in [2.45, 2.75) is 0 Å². The van der Waals surface area contributed by atoms with E-state index in [1.54, 1.807) is 18.2 Å². The lowest BCUT2D eigenvalue weighted by Gasteiger charge is -2.06. The summed E-state index contributed by atoms with van der Waals surface area (Å²) in [5.41, 5.74) is 6.69. The second-order valence-electron chi connectivity index (χ2n) is 2.85. The van der Waals surface area contributed by atoms with Crippen LogP contribution in [0.15, 0.2) is 27.4 Å². The predicted molar refractivity (Wildman–Crippen MR) is 53.5 cm³/mol. The minimum Gasteiger partial charge on any atom is -0.494 e. The van der Waals surface area contributed by atoms with Crippen molar-refractivity contribution in [2.75, 3.05) is 12.8 Å². The summed E-state index contributed by atoms with van der Waals surface area (Å²) in [5, 5.41) is 5.87. The lowest BCUT2D eigenvalue weighted by molar-refractivity contribution is 0.416. The minimum atomic E-state index is -0.616. The molecule has 0 spiro atoms. The molecular weight excluding hydrogens is 198 g/mol.